The van der Waals surface area contributed by atoms with Crippen molar-refractivity contribution in [2.75, 3.05) is 13.1 Å². The Hall–Kier alpha value is -0.660. The fraction of sp³-hybridized carbons (Fsp3) is 0.941. The zero-order valence-electron chi connectivity index (χ0n) is 25.4. The molecule has 0 aromatic carbocycles. The van der Waals surface area contributed by atoms with E-state index in [-0.39, 0.29) is 0 Å². The number of nitrogens with zero attached hydrogens (tertiary/aromatic N) is 2. The lowest BCUT2D eigenvalue weighted by Crippen LogP contribution is -2.39. The molecule has 0 aromatic heterocycles. The van der Waals surface area contributed by atoms with E-state index in [9.17, 15) is 0 Å². The first-order valence-corrected chi connectivity index (χ1v) is 17.0. The molecule has 0 radical (unpaired) electrons. The van der Waals surface area contributed by atoms with Crippen molar-refractivity contribution in [3.63, 3.8) is 0 Å². The van der Waals surface area contributed by atoms with Crippen molar-refractivity contribution < 1.29 is 0 Å². The second kappa shape index (κ2) is 26.0. The number of unbranched alkanes of at least 4 members (excludes halogenated alkanes) is 22. The maximum absolute atomic E-state index is 2.69. The smallest absolute Gasteiger partial charge is 0.101 e. The van der Waals surface area contributed by atoms with Crippen LogP contribution < -0.4 is 0 Å². The lowest BCUT2D eigenvalue weighted by atomic mass is 10.1. The zero-order chi connectivity index (χ0) is 25.9. The Morgan fingerprint density at radius 3 is 0.972 bits per heavy atom. The molecular formula is C34H68N2. The average Bonchev–Trinajstić information content (AvgIpc) is 3.27. The lowest BCUT2D eigenvalue weighted by molar-refractivity contribution is 0.135. The second-order valence-electron chi connectivity index (χ2n) is 11.8. The SMILES string of the molecule is CCCCCCCCCCCCCCN1C=CN(CCCCCCCCCCC)C1CCCCCC. The van der Waals surface area contributed by atoms with Crippen LogP contribution in [-0.2, 0) is 0 Å². The van der Waals surface area contributed by atoms with Gasteiger partial charge in [0.1, 0.15) is 6.17 Å². The van der Waals surface area contributed by atoms with Gasteiger partial charge in [0, 0.05) is 25.5 Å². The molecule has 0 spiro atoms. The van der Waals surface area contributed by atoms with Gasteiger partial charge in [0.05, 0.1) is 0 Å². The van der Waals surface area contributed by atoms with Gasteiger partial charge in [0.15, 0.2) is 0 Å². The Balaban J connectivity index is 2.15. The summed E-state index contributed by atoms with van der Waals surface area (Å²) < 4.78 is 0. The Morgan fingerprint density at radius 1 is 0.361 bits per heavy atom. The van der Waals surface area contributed by atoms with Crippen molar-refractivity contribution in [2.24, 2.45) is 0 Å². The topological polar surface area (TPSA) is 6.48 Å². The molecule has 2 nitrogen and oxygen atoms in total. The predicted molar refractivity (Wildman–Crippen MR) is 163 cm³/mol. The van der Waals surface area contributed by atoms with Crippen LogP contribution >= 0.6 is 0 Å². The van der Waals surface area contributed by atoms with E-state index in [4.69, 9.17) is 0 Å². The summed E-state index contributed by atoms with van der Waals surface area (Å²) in [7, 11) is 0. The van der Waals surface area contributed by atoms with Crippen molar-refractivity contribution in [3.8, 4) is 0 Å². The highest BCUT2D eigenvalue weighted by Gasteiger charge is 2.24. The molecule has 1 heterocycles. The van der Waals surface area contributed by atoms with Crippen LogP contribution in [0.1, 0.15) is 188 Å². The van der Waals surface area contributed by atoms with E-state index in [0.29, 0.717) is 6.17 Å². The van der Waals surface area contributed by atoms with Crippen LogP contribution in [0.3, 0.4) is 0 Å². The quantitative estimate of drug-likeness (QED) is 0.0977. The van der Waals surface area contributed by atoms with E-state index < -0.39 is 0 Å². The third-order valence-electron chi connectivity index (χ3n) is 8.32. The van der Waals surface area contributed by atoms with Crippen LogP contribution in [0.2, 0.25) is 0 Å². The minimum atomic E-state index is 0.642. The molecule has 1 aliphatic rings. The van der Waals surface area contributed by atoms with E-state index >= 15 is 0 Å². The molecule has 1 unspecified atom stereocenters. The maximum Gasteiger partial charge on any atom is 0.101 e. The fourth-order valence-electron chi connectivity index (χ4n) is 5.83. The summed E-state index contributed by atoms with van der Waals surface area (Å²) in [5, 5.41) is 0. The van der Waals surface area contributed by atoms with E-state index in [1.165, 1.54) is 180 Å². The third-order valence-corrected chi connectivity index (χ3v) is 8.32. The van der Waals surface area contributed by atoms with E-state index in [1.807, 2.05) is 0 Å². The zero-order valence-corrected chi connectivity index (χ0v) is 25.4. The number of hydrogen-bond acceptors (Lipinski definition) is 2. The maximum atomic E-state index is 2.69. The third kappa shape index (κ3) is 18.6. The first kappa shape index (κ1) is 33.4. The Labute approximate surface area is 229 Å². The summed E-state index contributed by atoms with van der Waals surface area (Å²) in [4.78, 5) is 5.38. The summed E-state index contributed by atoms with van der Waals surface area (Å²) in [5.41, 5.74) is 0. The minimum absolute atomic E-state index is 0.642. The molecule has 214 valence electrons. The van der Waals surface area contributed by atoms with Crippen molar-refractivity contribution in [1.82, 2.24) is 9.80 Å². The van der Waals surface area contributed by atoms with Crippen LogP contribution in [0.15, 0.2) is 12.4 Å². The molecule has 1 atom stereocenters. The summed E-state index contributed by atoms with van der Waals surface area (Å²) in [5.74, 6) is 0. The largest absolute Gasteiger partial charge is 0.356 e. The fourth-order valence-corrected chi connectivity index (χ4v) is 5.83. The highest BCUT2D eigenvalue weighted by atomic mass is 15.4. The van der Waals surface area contributed by atoms with Gasteiger partial charge in [0.2, 0.25) is 0 Å². The van der Waals surface area contributed by atoms with Crippen LogP contribution in [0, 0.1) is 0 Å². The van der Waals surface area contributed by atoms with Crippen molar-refractivity contribution in [1.29, 1.82) is 0 Å². The highest BCUT2D eigenvalue weighted by Crippen LogP contribution is 2.23. The second-order valence-corrected chi connectivity index (χ2v) is 11.8. The Bertz CT molecular complexity index is 460. The molecule has 0 amide bonds. The highest BCUT2D eigenvalue weighted by molar-refractivity contribution is 4.97. The Kier molecular flexibility index (Phi) is 24.1. The van der Waals surface area contributed by atoms with Crippen LogP contribution in [0.25, 0.3) is 0 Å². The monoisotopic (exact) mass is 505 g/mol. The molecule has 0 aromatic rings. The molecule has 1 rings (SSSR count). The van der Waals surface area contributed by atoms with Gasteiger partial charge in [-0.3, -0.25) is 0 Å². The normalized spacial score (nSPS) is 15.5. The van der Waals surface area contributed by atoms with Crippen LogP contribution in [-0.4, -0.2) is 29.1 Å². The molecular weight excluding hydrogens is 436 g/mol. The van der Waals surface area contributed by atoms with Crippen molar-refractivity contribution >= 4 is 0 Å². The molecule has 36 heavy (non-hydrogen) atoms. The van der Waals surface area contributed by atoms with Gasteiger partial charge in [-0.15, -0.1) is 0 Å². The number of hydrogen-bond donors (Lipinski definition) is 0. The van der Waals surface area contributed by atoms with E-state index in [0.717, 1.165) is 0 Å². The molecule has 0 saturated heterocycles. The summed E-state index contributed by atoms with van der Waals surface area (Å²) in [6, 6.07) is 0. The number of rotatable bonds is 28. The van der Waals surface area contributed by atoms with Crippen molar-refractivity contribution in [3.05, 3.63) is 12.4 Å². The van der Waals surface area contributed by atoms with Gasteiger partial charge in [-0.05, 0) is 25.7 Å². The van der Waals surface area contributed by atoms with Gasteiger partial charge in [-0.2, -0.15) is 0 Å². The lowest BCUT2D eigenvalue weighted by Gasteiger charge is -2.33. The van der Waals surface area contributed by atoms with E-state index in [1.54, 1.807) is 0 Å². The molecule has 2 heteroatoms. The first-order valence-electron chi connectivity index (χ1n) is 17.0. The van der Waals surface area contributed by atoms with Gasteiger partial charge >= 0.3 is 0 Å². The van der Waals surface area contributed by atoms with Crippen LogP contribution in [0.5, 0.6) is 0 Å². The molecule has 0 saturated carbocycles. The average molecular weight is 505 g/mol. The molecule has 0 aliphatic carbocycles. The minimum Gasteiger partial charge on any atom is -0.356 e. The first-order chi connectivity index (χ1) is 17.8. The summed E-state index contributed by atoms with van der Waals surface area (Å²) in [6.07, 6.45) is 42.5. The van der Waals surface area contributed by atoms with Gasteiger partial charge in [-0.1, -0.05) is 162 Å². The molecule has 0 N–H and O–H groups in total. The van der Waals surface area contributed by atoms with Gasteiger partial charge in [0.25, 0.3) is 0 Å². The summed E-state index contributed by atoms with van der Waals surface area (Å²) in [6.45, 7) is 9.47. The van der Waals surface area contributed by atoms with Gasteiger partial charge in [-0.25, -0.2) is 0 Å². The predicted octanol–water partition coefficient (Wildman–Crippen LogP) is 11.6. The molecule has 0 bridgehead atoms. The van der Waals surface area contributed by atoms with Crippen molar-refractivity contribution in [2.45, 2.75) is 194 Å². The van der Waals surface area contributed by atoms with E-state index in [2.05, 4.69) is 43.0 Å². The molecule has 0 fully saturated rings. The standard InChI is InChI=1S/C34H68N2/c1-4-7-10-13-15-17-18-19-21-23-25-28-31-36-33-32-35(34(36)29-26-12-9-6-3)30-27-24-22-20-16-14-11-8-5-2/h32-34H,4-31H2,1-3H3. The Morgan fingerprint density at radius 2 is 0.639 bits per heavy atom. The summed E-state index contributed by atoms with van der Waals surface area (Å²) >= 11 is 0. The molecule has 1 aliphatic heterocycles. The van der Waals surface area contributed by atoms with Gasteiger partial charge < -0.3 is 9.80 Å². The van der Waals surface area contributed by atoms with Crippen LogP contribution in [0.4, 0.5) is 0 Å².